The third-order valence-electron chi connectivity index (χ3n) is 27.6. The normalized spacial score (nSPS) is 56.9. The van der Waals surface area contributed by atoms with Gasteiger partial charge in [0.2, 0.25) is 0 Å². The molecule has 10 aliphatic heterocycles. The van der Waals surface area contributed by atoms with E-state index in [1.54, 1.807) is 0 Å². The maximum absolute atomic E-state index is 4.26. The first-order valence-corrected chi connectivity index (χ1v) is 35.8. The summed E-state index contributed by atoms with van der Waals surface area (Å²) in [5.41, 5.74) is 0. The summed E-state index contributed by atoms with van der Waals surface area (Å²) in [6.07, 6.45) is 51.1. The van der Waals surface area contributed by atoms with Gasteiger partial charge < -0.3 is 0 Å². The second kappa shape index (κ2) is 24.1. The molecule has 18 aliphatic rings. The van der Waals surface area contributed by atoms with E-state index in [0.29, 0.717) is 98.7 Å². The van der Waals surface area contributed by atoms with Gasteiger partial charge in [-0.05, 0) is 197 Å². The Bertz CT molecular complexity index is 1570. The molecule has 456 valence electrons. The molecule has 16 bridgehead atoms. The molecule has 10 heterocycles. The summed E-state index contributed by atoms with van der Waals surface area (Å²) in [5.74, 6) is 11.9. The molecule has 0 aromatic rings. The Kier molecular flexibility index (Phi) is 16.7. The van der Waals surface area contributed by atoms with Crippen LogP contribution < -0.4 is 85.1 Å². The molecule has 16 nitrogen and oxygen atoms in total. The molecule has 16 unspecified atom stereocenters. The quantitative estimate of drug-likeness (QED) is 0.141. The summed E-state index contributed by atoms with van der Waals surface area (Å²) < 4.78 is 0. The van der Waals surface area contributed by atoms with Crippen LogP contribution in [0.2, 0.25) is 0 Å². The molecule has 8 saturated carbocycles. The molecule has 18 fully saturated rings. The van der Waals surface area contributed by atoms with Crippen LogP contribution in [-0.4, -0.2) is 98.7 Å². The van der Waals surface area contributed by atoms with Crippen molar-refractivity contribution < 1.29 is 19.5 Å². The maximum Gasteiger partial charge on any atom is 0.0628 e. The van der Waals surface area contributed by atoms with E-state index in [1.165, 1.54) is 205 Å². The van der Waals surface area contributed by atoms with Crippen molar-refractivity contribution >= 4 is 0 Å². The van der Waals surface area contributed by atoms with E-state index < -0.39 is 0 Å². The Morgan fingerprint density at radius 3 is 0.235 bits per heavy atom. The van der Waals surface area contributed by atoms with Crippen LogP contribution in [0, 0.1) is 94.7 Å². The maximum atomic E-state index is 4.26. The largest absolute Gasteiger partial charge is 0.286 e. The molecule has 17 heteroatoms. The first-order valence-electron chi connectivity index (χ1n) is 35.8. The van der Waals surface area contributed by atoms with E-state index in [9.17, 15) is 0 Å². The third kappa shape index (κ3) is 10.4. The van der Waals surface area contributed by atoms with E-state index in [-0.39, 0.29) is 19.5 Å². The molecule has 0 radical (unpaired) electrons. The summed E-state index contributed by atoms with van der Waals surface area (Å²) in [7, 11) is 0. The van der Waals surface area contributed by atoms with Crippen molar-refractivity contribution in [2.75, 3.05) is 0 Å². The van der Waals surface area contributed by atoms with Crippen molar-refractivity contribution in [1.29, 1.82) is 0 Å². The Hall–Kier alpha value is -0.0166. The van der Waals surface area contributed by atoms with Gasteiger partial charge in [-0.15, -0.1) is 0 Å². The minimum atomic E-state index is 0. The van der Waals surface area contributed by atoms with Crippen LogP contribution >= 0.6 is 0 Å². The number of hydrogen-bond acceptors (Lipinski definition) is 16. The van der Waals surface area contributed by atoms with Crippen LogP contribution in [0.3, 0.4) is 0 Å². The summed E-state index contributed by atoms with van der Waals surface area (Å²) in [5, 5.41) is 67.6. The fraction of sp³-hybridized carbons (Fsp3) is 1.00. The van der Waals surface area contributed by atoms with Gasteiger partial charge in [0.25, 0.3) is 0 Å². The van der Waals surface area contributed by atoms with Crippen LogP contribution in [0.25, 0.3) is 0 Å². The van der Waals surface area contributed by atoms with Gasteiger partial charge in [0, 0.05) is 19.5 Å². The minimum absolute atomic E-state index is 0. The van der Waals surface area contributed by atoms with Crippen LogP contribution in [0.4, 0.5) is 0 Å². The van der Waals surface area contributed by atoms with Gasteiger partial charge in [0.1, 0.15) is 0 Å². The molecule has 81 heavy (non-hydrogen) atoms. The molecule has 0 aromatic carbocycles. The Morgan fingerprint density at radius 2 is 0.173 bits per heavy atom. The smallest absolute Gasteiger partial charge is 0.0628 e. The van der Waals surface area contributed by atoms with Crippen LogP contribution in [0.1, 0.15) is 205 Å². The van der Waals surface area contributed by atoms with E-state index in [1.807, 2.05) is 0 Å². The first-order chi connectivity index (χ1) is 39.6. The summed E-state index contributed by atoms with van der Waals surface area (Å²) >= 11 is 0. The van der Waals surface area contributed by atoms with Crippen molar-refractivity contribution in [3.8, 4) is 0 Å². The topological polar surface area (TPSA) is 192 Å². The van der Waals surface area contributed by atoms with Gasteiger partial charge in [-0.25, -0.2) is 0 Å². The summed E-state index contributed by atoms with van der Waals surface area (Å²) in [4.78, 5) is 0. The van der Waals surface area contributed by atoms with Gasteiger partial charge >= 0.3 is 0 Å². The molecular weight excluding hydrogens is 1090 g/mol. The predicted molar refractivity (Wildman–Crippen MR) is 314 cm³/mol. The molecule has 18 rings (SSSR count). The average Bonchev–Trinajstić information content (AvgIpc) is 4.47. The molecule has 16 atom stereocenters. The average molecular weight is 1210 g/mol. The van der Waals surface area contributed by atoms with Crippen LogP contribution in [-0.2, 0) is 19.5 Å². The second-order valence-corrected chi connectivity index (χ2v) is 31.2. The van der Waals surface area contributed by atoms with Crippen molar-refractivity contribution in [3.05, 3.63) is 0 Å². The Balaban J connectivity index is 0.000000132. The van der Waals surface area contributed by atoms with Gasteiger partial charge in [-0.2, -0.15) is 0 Å². The standard InChI is InChI=1S/2C32H56N8.Ru/c2*1-2-10-18-17(9-1)25-33-26(18)38-28-21-13-5-6-14-22(21)30(35-28)40-32-24-16-8-7-15-23(24)31(36-32)39-29-20-12-4-3-11-19(20)27(34-29)37-25;/h2*17-40H,1-16H2;. The van der Waals surface area contributed by atoms with Crippen LogP contribution in [0.15, 0.2) is 0 Å². The Labute approximate surface area is 500 Å². The zero-order chi connectivity index (χ0) is 52.4. The Morgan fingerprint density at radius 1 is 0.111 bits per heavy atom. The minimum Gasteiger partial charge on any atom is -0.286 e. The molecule has 8 aliphatic carbocycles. The van der Waals surface area contributed by atoms with E-state index >= 15 is 0 Å². The fourth-order valence-electron chi connectivity index (χ4n) is 23.9. The van der Waals surface area contributed by atoms with E-state index in [4.69, 9.17) is 0 Å². The van der Waals surface area contributed by atoms with Crippen molar-refractivity contribution in [3.63, 3.8) is 0 Å². The number of fused-ring (bicyclic) bond motifs is 40. The predicted octanol–water partition coefficient (Wildman–Crippen LogP) is 5.21. The van der Waals surface area contributed by atoms with Crippen molar-refractivity contribution in [2.24, 2.45) is 94.7 Å². The second-order valence-electron chi connectivity index (χ2n) is 31.2. The molecule has 0 aromatic heterocycles. The number of rotatable bonds is 0. The van der Waals surface area contributed by atoms with Crippen molar-refractivity contribution in [2.45, 2.75) is 304 Å². The summed E-state index contributed by atoms with van der Waals surface area (Å²) in [6, 6.07) is 0. The summed E-state index contributed by atoms with van der Waals surface area (Å²) in [6.45, 7) is 0. The zero-order valence-electron chi connectivity index (χ0n) is 49.5. The van der Waals surface area contributed by atoms with Gasteiger partial charge in [0.05, 0.1) is 98.7 Å². The van der Waals surface area contributed by atoms with Gasteiger partial charge in [-0.3, -0.25) is 85.1 Å². The molecular formula is C64H112N16Ru. The third-order valence-corrected chi connectivity index (χ3v) is 27.6. The first kappa shape index (κ1) is 56.2. The molecule has 16 N–H and O–H groups in total. The monoisotopic (exact) mass is 1210 g/mol. The zero-order valence-corrected chi connectivity index (χ0v) is 51.2. The van der Waals surface area contributed by atoms with Crippen LogP contribution in [0.5, 0.6) is 0 Å². The van der Waals surface area contributed by atoms with E-state index in [2.05, 4.69) is 85.1 Å². The molecule has 0 spiro atoms. The molecule has 0 amide bonds. The SMILES string of the molecule is C1CCC2C3NC(NC4NC(NC5NC(NC6NC(N3)C3CCCCC63)C3CCCCC53)C3CCCCC43)C2C1.C1CCC2C3NC(NC4NC(NC5NC(NC6NC(N3)C3CCCCC63)C3CCCCC53)C3CCCCC43)C2C1.[Ru]. The number of hydrogen-bond donors (Lipinski definition) is 16. The van der Waals surface area contributed by atoms with Crippen molar-refractivity contribution in [1.82, 2.24) is 85.1 Å². The van der Waals surface area contributed by atoms with Gasteiger partial charge in [-0.1, -0.05) is 103 Å². The molecule has 10 saturated heterocycles. The number of nitrogens with one attached hydrogen (secondary N) is 16. The van der Waals surface area contributed by atoms with Gasteiger partial charge in [0.15, 0.2) is 0 Å². The fourth-order valence-corrected chi connectivity index (χ4v) is 23.9. The van der Waals surface area contributed by atoms with E-state index in [0.717, 1.165) is 94.7 Å².